The minimum Gasteiger partial charge on any atom is -0.454 e. The Hall–Kier alpha value is -3.44. The highest BCUT2D eigenvalue weighted by Crippen LogP contribution is 2.51. The number of hydrogen-bond donors (Lipinski definition) is 4. The summed E-state index contributed by atoms with van der Waals surface area (Å²) in [5, 5.41) is 22.1. The van der Waals surface area contributed by atoms with Crippen LogP contribution in [0.3, 0.4) is 0 Å². The number of rotatable bonds is 9. The number of carbonyl (C=O) groups is 1. The van der Waals surface area contributed by atoms with Crippen molar-refractivity contribution in [3.63, 3.8) is 0 Å². The second kappa shape index (κ2) is 9.95. The molecular formula is C29H38N2O7S. The molecule has 1 amide bonds. The lowest BCUT2D eigenvalue weighted by molar-refractivity contribution is -0.118. The molecule has 5 rings (SSSR count). The molecule has 0 bridgehead atoms. The number of benzene rings is 3. The normalized spacial score (nSPS) is 15.7. The zero-order valence-corrected chi connectivity index (χ0v) is 22.9. The zero-order valence-electron chi connectivity index (χ0n) is 22.1. The van der Waals surface area contributed by atoms with E-state index in [0.29, 0.717) is 22.7 Å². The monoisotopic (exact) mass is 558 g/mol. The Morgan fingerprint density at radius 2 is 1.69 bits per heavy atom. The molecule has 1 aliphatic heterocycles. The number of sulfonamides is 1. The predicted molar refractivity (Wildman–Crippen MR) is 153 cm³/mol. The summed E-state index contributed by atoms with van der Waals surface area (Å²) in [5.41, 5.74) is 2.68. The van der Waals surface area contributed by atoms with Crippen molar-refractivity contribution in [1.82, 2.24) is 4.72 Å². The summed E-state index contributed by atoms with van der Waals surface area (Å²) in [7, 11) is -3.99. The lowest BCUT2D eigenvalue weighted by Crippen LogP contribution is -2.51. The number of ether oxygens (including phenoxy) is 2. The molecule has 4 N–H and O–H groups in total. The maximum absolute atomic E-state index is 13.4. The number of fused-ring (bicyclic) bond motifs is 1. The lowest BCUT2D eigenvalue weighted by atomic mass is 9.94. The van der Waals surface area contributed by atoms with Gasteiger partial charge in [0, 0.05) is 9.97 Å². The van der Waals surface area contributed by atoms with Gasteiger partial charge in [-0.05, 0) is 91.8 Å². The second-order valence-corrected chi connectivity index (χ2v) is 12.2. The van der Waals surface area contributed by atoms with E-state index in [0.717, 1.165) is 35.1 Å². The molecule has 0 spiro atoms. The average Bonchev–Trinajstić information content (AvgIpc) is 3.59. The van der Waals surface area contributed by atoms with Crippen LogP contribution in [0.4, 0.5) is 5.69 Å². The third-order valence-corrected chi connectivity index (χ3v) is 9.26. The quantitative estimate of drug-likeness (QED) is 0.310. The predicted octanol–water partition coefficient (Wildman–Crippen LogP) is 4.13. The summed E-state index contributed by atoms with van der Waals surface area (Å²) in [6.45, 7) is 4.15. The standard InChI is InChI=1S/C29H32N2O7S.3H2/c1-18-4-7-22(30-27(34)29(10-11-29)21-6-8-24-25(13-21)38-17-37-24)14-23(18)20-5-9-26(19(2)12-20)39(35,36)31-28(3,15-32)16-33;;;/h4-9,12-14,31-33H,10-11,15-17H2,1-3H3,(H,30,34);3*1H. The molecule has 3 aromatic rings. The van der Waals surface area contributed by atoms with Gasteiger partial charge in [0.25, 0.3) is 0 Å². The first-order valence-electron chi connectivity index (χ1n) is 12.7. The van der Waals surface area contributed by atoms with E-state index in [2.05, 4.69) is 10.0 Å². The van der Waals surface area contributed by atoms with Gasteiger partial charge in [0.2, 0.25) is 22.7 Å². The van der Waals surface area contributed by atoms with Gasteiger partial charge >= 0.3 is 0 Å². The smallest absolute Gasteiger partial charge is 0.241 e. The molecule has 212 valence electrons. The number of aliphatic hydroxyl groups excluding tert-OH is 2. The highest BCUT2D eigenvalue weighted by Gasteiger charge is 2.51. The summed E-state index contributed by atoms with van der Waals surface area (Å²) in [4.78, 5) is 13.5. The van der Waals surface area contributed by atoms with Gasteiger partial charge in [0.05, 0.1) is 29.1 Å². The molecule has 0 unspecified atom stereocenters. The molecule has 3 aromatic carbocycles. The summed E-state index contributed by atoms with van der Waals surface area (Å²) >= 11 is 0. The molecule has 9 nitrogen and oxygen atoms in total. The topological polar surface area (TPSA) is 134 Å². The molecular weight excluding hydrogens is 520 g/mol. The van der Waals surface area contributed by atoms with E-state index in [1.165, 1.54) is 13.0 Å². The Balaban J connectivity index is 0.00000205. The molecule has 39 heavy (non-hydrogen) atoms. The van der Waals surface area contributed by atoms with Crippen molar-refractivity contribution in [3.05, 3.63) is 71.3 Å². The highest BCUT2D eigenvalue weighted by molar-refractivity contribution is 7.89. The van der Waals surface area contributed by atoms with E-state index < -0.39 is 34.2 Å². The van der Waals surface area contributed by atoms with E-state index in [4.69, 9.17) is 9.47 Å². The third-order valence-electron chi connectivity index (χ3n) is 7.46. The summed E-state index contributed by atoms with van der Waals surface area (Å²) < 4.78 is 39.2. The highest BCUT2D eigenvalue weighted by atomic mass is 32.2. The van der Waals surface area contributed by atoms with Crippen molar-refractivity contribution in [2.24, 2.45) is 0 Å². The van der Waals surface area contributed by atoms with E-state index in [1.54, 1.807) is 19.1 Å². The third kappa shape index (κ3) is 5.12. The Bertz CT molecular complexity index is 1560. The molecule has 1 heterocycles. The largest absolute Gasteiger partial charge is 0.454 e. The Morgan fingerprint density at radius 1 is 0.974 bits per heavy atom. The van der Waals surface area contributed by atoms with Crippen molar-refractivity contribution < 1.29 is 37.2 Å². The minimum absolute atomic E-state index is 0. The Morgan fingerprint density at radius 3 is 2.36 bits per heavy atom. The van der Waals surface area contributed by atoms with Crippen LogP contribution in [0.2, 0.25) is 0 Å². The summed E-state index contributed by atoms with van der Waals surface area (Å²) in [6, 6.07) is 16.3. The SMILES string of the molecule is Cc1ccc(NC(=O)C2(c3ccc4c(c3)OCO4)CC2)cc1-c1ccc(S(=O)(=O)NC(C)(CO)CO)c(C)c1.[HH].[HH].[HH]. The van der Waals surface area contributed by atoms with Crippen LogP contribution in [0, 0.1) is 13.8 Å². The number of amides is 1. The van der Waals surface area contributed by atoms with Gasteiger partial charge in [-0.2, -0.15) is 0 Å². The van der Waals surface area contributed by atoms with Crippen molar-refractivity contribution in [1.29, 1.82) is 0 Å². The van der Waals surface area contributed by atoms with Crippen LogP contribution >= 0.6 is 0 Å². The molecule has 2 aliphatic rings. The van der Waals surface area contributed by atoms with Crippen LogP contribution in [0.15, 0.2) is 59.5 Å². The van der Waals surface area contributed by atoms with Crippen molar-refractivity contribution in [3.8, 4) is 22.6 Å². The number of carbonyl (C=O) groups excluding carboxylic acids is 1. The van der Waals surface area contributed by atoms with Crippen molar-refractivity contribution in [2.75, 3.05) is 25.3 Å². The molecule has 1 fully saturated rings. The first-order chi connectivity index (χ1) is 18.5. The maximum Gasteiger partial charge on any atom is 0.241 e. The van der Waals surface area contributed by atoms with Gasteiger partial charge in [-0.3, -0.25) is 4.79 Å². The van der Waals surface area contributed by atoms with Gasteiger partial charge in [0.15, 0.2) is 11.5 Å². The number of anilines is 1. The van der Waals surface area contributed by atoms with Gasteiger partial charge < -0.3 is 25.0 Å². The van der Waals surface area contributed by atoms with Crippen LogP contribution in [0.5, 0.6) is 11.5 Å². The number of nitrogens with one attached hydrogen (secondary N) is 2. The van der Waals surface area contributed by atoms with Crippen LogP contribution < -0.4 is 19.5 Å². The molecule has 0 atom stereocenters. The van der Waals surface area contributed by atoms with Crippen LogP contribution in [-0.4, -0.2) is 50.1 Å². The number of aryl methyl sites for hydroxylation is 2. The molecule has 1 aliphatic carbocycles. The molecule has 0 saturated heterocycles. The van der Waals surface area contributed by atoms with Crippen LogP contribution in [0.25, 0.3) is 11.1 Å². The van der Waals surface area contributed by atoms with Crippen molar-refractivity contribution in [2.45, 2.75) is 49.5 Å². The van der Waals surface area contributed by atoms with Gasteiger partial charge in [0.1, 0.15) is 0 Å². The minimum atomic E-state index is -3.99. The van der Waals surface area contributed by atoms with Crippen LogP contribution in [-0.2, 0) is 20.2 Å². The van der Waals surface area contributed by atoms with Crippen LogP contribution in [0.1, 0.15) is 40.7 Å². The Kier molecular flexibility index (Phi) is 6.92. The fraction of sp³-hybridized carbons (Fsp3) is 0.345. The van der Waals surface area contributed by atoms with Crippen molar-refractivity contribution >= 4 is 21.6 Å². The van der Waals surface area contributed by atoms with E-state index in [1.807, 2.05) is 43.3 Å². The first kappa shape index (κ1) is 27.1. The molecule has 0 aromatic heterocycles. The van der Waals surface area contributed by atoms with Gasteiger partial charge in [-0.25, -0.2) is 13.1 Å². The van der Waals surface area contributed by atoms with E-state index >= 15 is 0 Å². The van der Waals surface area contributed by atoms with E-state index in [9.17, 15) is 23.4 Å². The first-order valence-corrected chi connectivity index (χ1v) is 14.2. The molecule has 10 heteroatoms. The molecule has 1 saturated carbocycles. The fourth-order valence-electron chi connectivity index (χ4n) is 4.84. The number of hydrogen-bond acceptors (Lipinski definition) is 7. The average molecular weight is 559 g/mol. The van der Waals surface area contributed by atoms with E-state index in [-0.39, 0.29) is 21.9 Å². The molecule has 0 radical (unpaired) electrons. The van der Waals surface area contributed by atoms with Gasteiger partial charge in [-0.15, -0.1) is 0 Å². The fourth-order valence-corrected chi connectivity index (χ4v) is 6.46. The zero-order chi connectivity index (χ0) is 28.0. The second-order valence-electron chi connectivity index (χ2n) is 10.6. The summed E-state index contributed by atoms with van der Waals surface area (Å²) in [5.74, 6) is 1.24. The summed E-state index contributed by atoms with van der Waals surface area (Å²) in [6.07, 6.45) is 1.48. The lowest BCUT2D eigenvalue weighted by Gasteiger charge is -2.26. The number of aliphatic hydroxyl groups is 2. The Labute approximate surface area is 232 Å². The maximum atomic E-state index is 13.4. The van der Waals surface area contributed by atoms with Gasteiger partial charge in [-0.1, -0.05) is 24.3 Å².